The van der Waals surface area contributed by atoms with Crippen LogP contribution < -0.4 is 15.4 Å². The smallest absolute Gasteiger partial charge is 0.266 e. The van der Waals surface area contributed by atoms with E-state index in [0.29, 0.717) is 22.4 Å². The number of thiazole rings is 1. The van der Waals surface area contributed by atoms with Crippen molar-refractivity contribution in [1.82, 2.24) is 10.3 Å². The Morgan fingerprint density at radius 1 is 1.29 bits per heavy atom. The van der Waals surface area contributed by atoms with Gasteiger partial charge in [0.15, 0.2) is 11.2 Å². The molecule has 2 amide bonds. The van der Waals surface area contributed by atoms with Gasteiger partial charge < -0.3 is 10.1 Å². The van der Waals surface area contributed by atoms with Crippen molar-refractivity contribution < 1.29 is 14.3 Å². The van der Waals surface area contributed by atoms with Crippen molar-refractivity contribution in [2.24, 2.45) is 0 Å². The highest BCUT2D eigenvalue weighted by molar-refractivity contribution is 7.17. The molecule has 0 spiro atoms. The lowest BCUT2D eigenvalue weighted by Gasteiger charge is -2.13. The minimum absolute atomic E-state index is 0.0669. The number of nitrogens with one attached hydrogen (secondary N) is 2. The highest BCUT2D eigenvalue weighted by atomic mass is 35.5. The van der Waals surface area contributed by atoms with E-state index in [4.69, 9.17) is 16.3 Å². The Hall–Kier alpha value is -2.42. The Balaban J connectivity index is 1.59. The first-order valence-corrected chi connectivity index (χ1v) is 10.5. The van der Waals surface area contributed by atoms with E-state index in [1.807, 2.05) is 17.5 Å². The molecule has 0 aliphatic rings. The fraction of sp³-hybridized carbons (Fsp3) is 0.211. The molecule has 2 heterocycles. The zero-order valence-corrected chi connectivity index (χ0v) is 17.6. The Bertz CT molecular complexity index is 986. The van der Waals surface area contributed by atoms with E-state index in [1.165, 1.54) is 18.3 Å². The molecule has 1 aromatic carbocycles. The SMILES string of the molecule is CC(=O)NCc1ccc(-c2csc(NC(=O)C(C)Oc3cccc(Cl)c3)n2)s1. The summed E-state index contributed by atoms with van der Waals surface area (Å²) in [6, 6.07) is 10.8. The number of aromatic nitrogens is 1. The molecule has 9 heteroatoms. The molecule has 28 heavy (non-hydrogen) atoms. The van der Waals surface area contributed by atoms with Gasteiger partial charge in [0, 0.05) is 22.2 Å². The van der Waals surface area contributed by atoms with Crippen LogP contribution >= 0.6 is 34.3 Å². The summed E-state index contributed by atoms with van der Waals surface area (Å²) in [5, 5.41) is 8.46. The van der Waals surface area contributed by atoms with Crippen molar-refractivity contribution in [3.8, 4) is 16.3 Å². The molecule has 146 valence electrons. The summed E-state index contributed by atoms with van der Waals surface area (Å²) in [5.74, 6) is 0.168. The van der Waals surface area contributed by atoms with Crippen LogP contribution in [0.4, 0.5) is 5.13 Å². The Morgan fingerprint density at radius 2 is 2.11 bits per heavy atom. The third-order valence-electron chi connectivity index (χ3n) is 3.64. The molecule has 0 radical (unpaired) electrons. The number of anilines is 1. The van der Waals surface area contributed by atoms with Crippen LogP contribution in [0.1, 0.15) is 18.7 Å². The second-order valence-corrected chi connectivity index (χ2v) is 8.38. The summed E-state index contributed by atoms with van der Waals surface area (Å²) in [5.41, 5.74) is 0.780. The van der Waals surface area contributed by atoms with Crippen LogP contribution in [0.2, 0.25) is 5.02 Å². The molecule has 0 aliphatic carbocycles. The summed E-state index contributed by atoms with van der Waals surface area (Å²) < 4.78 is 5.62. The number of hydrogen-bond donors (Lipinski definition) is 2. The molecule has 1 unspecified atom stereocenters. The summed E-state index contributed by atoms with van der Waals surface area (Å²) in [6.07, 6.45) is -0.697. The predicted molar refractivity (Wildman–Crippen MR) is 113 cm³/mol. The van der Waals surface area contributed by atoms with Crippen LogP contribution in [0.5, 0.6) is 5.75 Å². The number of hydrogen-bond acceptors (Lipinski definition) is 6. The molecule has 3 aromatic rings. The quantitative estimate of drug-likeness (QED) is 0.569. The van der Waals surface area contributed by atoms with Crippen molar-refractivity contribution in [2.75, 3.05) is 5.32 Å². The molecule has 0 bridgehead atoms. The molecule has 1 atom stereocenters. The van der Waals surface area contributed by atoms with E-state index in [1.54, 1.807) is 42.5 Å². The largest absolute Gasteiger partial charge is 0.481 e. The van der Waals surface area contributed by atoms with E-state index < -0.39 is 6.10 Å². The van der Waals surface area contributed by atoms with Crippen molar-refractivity contribution in [1.29, 1.82) is 0 Å². The fourth-order valence-corrected chi connectivity index (χ4v) is 4.15. The Kier molecular flexibility index (Phi) is 6.66. The highest BCUT2D eigenvalue weighted by Gasteiger charge is 2.17. The zero-order chi connectivity index (χ0) is 20.1. The maximum absolute atomic E-state index is 12.4. The number of halogens is 1. The lowest BCUT2D eigenvalue weighted by Crippen LogP contribution is -2.30. The van der Waals surface area contributed by atoms with Gasteiger partial charge in [-0.05, 0) is 37.3 Å². The van der Waals surface area contributed by atoms with Crippen LogP contribution in [0, 0.1) is 0 Å². The molecule has 0 saturated carbocycles. The maximum atomic E-state index is 12.4. The standard InChI is InChI=1S/C19H18ClN3O3S2/c1-11(26-14-5-3-4-13(20)8-14)18(25)23-19-22-16(10-27-19)17-7-6-15(28-17)9-21-12(2)24/h3-8,10-11H,9H2,1-2H3,(H,21,24)(H,22,23,25). The molecule has 3 rings (SSSR count). The van der Waals surface area contributed by atoms with Gasteiger partial charge >= 0.3 is 0 Å². The second kappa shape index (κ2) is 9.18. The van der Waals surface area contributed by atoms with Crippen LogP contribution in [0.25, 0.3) is 10.6 Å². The maximum Gasteiger partial charge on any atom is 0.266 e. The molecule has 6 nitrogen and oxygen atoms in total. The van der Waals surface area contributed by atoms with E-state index in [-0.39, 0.29) is 11.8 Å². The lowest BCUT2D eigenvalue weighted by atomic mass is 10.3. The molecule has 0 aliphatic heterocycles. The van der Waals surface area contributed by atoms with Crippen LogP contribution in [0.3, 0.4) is 0 Å². The molecule has 2 aromatic heterocycles. The van der Waals surface area contributed by atoms with Gasteiger partial charge in [0.05, 0.1) is 17.1 Å². The number of rotatable bonds is 7. The van der Waals surface area contributed by atoms with Crippen LogP contribution in [0.15, 0.2) is 41.8 Å². The number of carbonyl (C=O) groups is 2. The monoisotopic (exact) mass is 435 g/mol. The first-order valence-electron chi connectivity index (χ1n) is 8.43. The summed E-state index contributed by atoms with van der Waals surface area (Å²) in [7, 11) is 0. The number of ether oxygens (including phenoxy) is 1. The second-order valence-electron chi connectivity index (χ2n) is 5.92. The van der Waals surface area contributed by atoms with Crippen LogP contribution in [-0.2, 0) is 16.1 Å². The van der Waals surface area contributed by atoms with E-state index in [0.717, 1.165) is 15.4 Å². The topological polar surface area (TPSA) is 80.3 Å². The van der Waals surface area contributed by atoms with Gasteiger partial charge in [0.25, 0.3) is 5.91 Å². The van der Waals surface area contributed by atoms with Gasteiger partial charge in [0.2, 0.25) is 5.91 Å². The average Bonchev–Trinajstić information content (AvgIpc) is 3.29. The number of amides is 2. The van der Waals surface area contributed by atoms with Gasteiger partial charge in [-0.25, -0.2) is 4.98 Å². The Labute approximate surface area is 175 Å². The number of nitrogens with zero attached hydrogens (tertiary/aromatic N) is 1. The third kappa shape index (κ3) is 5.54. The molecule has 2 N–H and O–H groups in total. The number of thiophene rings is 1. The summed E-state index contributed by atoms with van der Waals surface area (Å²) >= 11 is 8.82. The van der Waals surface area contributed by atoms with E-state index in [2.05, 4.69) is 15.6 Å². The Morgan fingerprint density at radius 3 is 2.86 bits per heavy atom. The van der Waals surface area contributed by atoms with Gasteiger partial charge in [-0.15, -0.1) is 22.7 Å². The van der Waals surface area contributed by atoms with Crippen molar-refractivity contribution in [3.05, 3.63) is 51.7 Å². The normalized spacial score (nSPS) is 11.7. The zero-order valence-electron chi connectivity index (χ0n) is 15.2. The fourth-order valence-electron chi connectivity index (χ4n) is 2.27. The van der Waals surface area contributed by atoms with E-state index in [9.17, 15) is 9.59 Å². The lowest BCUT2D eigenvalue weighted by molar-refractivity contribution is -0.122. The van der Waals surface area contributed by atoms with Crippen LogP contribution in [-0.4, -0.2) is 22.9 Å². The van der Waals surface area contributed by atoms with Crippen molar-refractivity contribution in [2.45, 2.75) is 26.5 Å². The third-order valence-corrected chi connectivity index (χ3v) is 5.74. The first kappa shape index (κ1) is 20.3. The molecule has 0 fully saturated rings. The summed E-state index contributed by atoms with van der Waals surface area (Å²) in [6.45, 7) is 3.64. The highest BCUT2D eigenvalue weighted by Crippen LogP contribution is 2.31. The van der Waals surface area contributed by atoms with Gasteiger partial charge in [-0.3, -0.25) is 14.9 Å². The minimum Gasteiger partial charge on any atom is -0.481 e. The van der Waals surface area contributed by atoms with Crippen molar-refractivity contribution >= 4 is 51.2 Å². The van der Waals surface area contributed by atoms with E-state index >= 15 is 0 Å². The first-order chi connectivity index (χ1) is 13.4. The summed E-state index contributed by atoms with van der Waals surface area (Å²) in [4.78, 5) is 29.8. The average molecular weight is 436 g/mol. The van der Waals surface area contributed by atoms with Crippen molar-refractivity contribution in [3.63, 3.8) is 0 Å². The molecular weight excluding hydrogens is 418 g/mol. The predicted octanol–water partition coefficient (Wildman–Crippen LogP) is 4.57. The van der Waals surface area contributed by atoms with Gasteiger partial charge in [-0.1, -0.05) is 17.7 Å². The minimum atomic E-state index is -0.697. The molecular formula is C19H18ClN3O3S2. The van der Waals surface area contributed by atoms with Gasteiger partial charge in [0.1, 0.15) is 5.75 Å². The van der Waals surface area contributed by atoms with Gasteiger partial charge in [-0.2, -0.15) is 0 Å². The number of benzene rings is 1. The molecule has 0 saturated heterocycles. The number of carbonyl (C=O) groups excluding carboxylic acids is 2.